The van der Waals surface area contributed by atoms with Crippen molar-refractivity contribution in [1.82, 2.24) is 9.97 Å². The van der Waals surface area contributed by atoms with Gasteiger partial charge in [0.15, 0.2) is 0 Å². The summed E-state index contributed by atoms with van der Waals surface area (Å²) >= 11 is 0. The molecule has 0 fully saturated rings. The number of hydrogen-bond donors (Lipinski definition) is 1. The molecule has 100 valence electrons. The lowest BCUT2D eigenvalue weighted by molar-refractivity contribution is 0.296. The fourth-order valence-electron chi connectivity index (χ4n) is 2.18. The molecule has 0 saturated carbocycles. The fraction of sp³-hybridized carbons (Fsp3) is 0.333. The summed E-state index contributed by atoms with van der Waals surface area (Å²) in [7, 11) is 1.66. The van der Waals surface area contributed by atoms with E-state index in [2.05, 4.69) is 16.0 Å². The zero-order valence-electron chi connectivity index (χ0n) is 11.5. The third-order valence-electron chi connectivity index (χ3n) is 2.96. The highest BCUT2D eigenvalue weighted by Crippen LogP contribution is 2.32. The van der Waals surface area contributed by atoms with E-state index in [0.717, 1.165) is 28.1 Å². The largest absolute Gasteiger partial charge is 0.496 e. The monoisotopic (exact) mass is 258 g/mol. The van der Waals surface area contributed by atoms with Gasteiger partial charge in [0.1, 0.15) is 11.6 Å². The van der Waals surface area contributed by atoms with Gasteiger partial charge in [-0.15, -0.1) is 0 Å². The molecule has 19 heavy (non-hydrogen) atoms. The standard InChI is InChI=1S/C15H18N2O2/c1-10-8-11(2)15(13(9-10)19-3)12-4-6-16-14(17-12)5-7-18/h4,6,8-9,18H,5,7H2,1-3H3. The van der Waals surface area contributed by atoms with Gasteiger partial charge in [-0.2, -0.15) is 0 Å². The highest BCUT2D eigenvalue weighted by atomic mass is 16.5. The Morgan fingerprint density at radius 3 is 2.74 bits per heavy atom. The van der Waals surface area contributed by atoms with Crippen molar-refractivity contribution in [2.24, 2.45) is 0 Å². The maximum atomic E-state index is 8.97. The minimum atomic E-state index is 0.0491. The van der Waals surface area contributed by atoms with Gasteiger partial charge in [0.2, 0.25) is 0 Å². The van der Waals surface area contributed by atoms with Gasteiger partial charge in [0.05, 0.1) is 19.4 Å². The molecular formula is C15H18N2O2. The van der Waals surface area contributed by atoms with E-state index in [1.165, 1.54) is 0 Å². The molecular weight excluding hydrogens is 240 g/mol. The summed E-state index contributed by atoms with van der Waals surface area (Å²) in [6.07, 6.45) is 2.17. The molecule has 1 heterocycles. The van der Waals surface area contributed by atoms with Crippen LogP contribution in [0.15, 0.2) is 24.4 Å². The molecule has 0 spiro atoms. The number of hydrogen-bond acceptors (Lipinski definition) is 4. The van der Waals surface area contributed by atoms with Crippen LogP contribution < -0.4 is 4.74 Å². The van der Waals surface area contributed by atoms with Crippen LogP contribution in [0.3, 0.4) is 0 Å². The predicted molar refractivity (Wildman–Crippen MR) is 74.3 cm³/mol. The fourth-order valence-corrected chi connectivity index (χ4v) is 2.18. The van der Waals surface area contributed by atoms with Crippen molar-refractivity contribution >= 4 is 0 Å². The molecule has 4 heteroatoms. The van der Waals surface area contributed by atoms with Gasteiger partial charge in [0, 0.05) is 18.2 Å². The van der Waals surface area contributed by atoms with E-state index in [0.29, 0.717) is 12.2 Å². The van der Waals surface area contributed by atoms with Crippen molar-refractivity contribution in [2.45, 2.75) is 20.3 Å². The summed E-state index contributed by atoms with van der Waals surface area (Å²) < 4.78 is 5.45. The Bertz CT molecular complexity index is 582. The highest BCUT2D eigenvalue weighted by molar-refractivity contribution is 5.71. The minimum Gasteiger partial charge on any atom is -0.496 e. The number of aliphatic hydroxyl groups is 1. The van der Waals surface area contributed by atoms with Crippen molar-refractivity contribution < 1.29 is 9.84 Å². The van der Waals surface area contributed by atoms with Gasteiger partial charge in [-0.25, -0.2) is 9.97 Å². The van der Waals surface area contributed by atoms with Gasteiger partial charge in [-0.3, -0.25) is 0 Å². The first-order valence-electron chi connectivity index (χ1n) is 6.24. The van der Waals surface area contributed by atoms with Crippen molar-refractivity contribution in [3.63, 3.8) is 0 Å². The van der Waals surface area contributed by atoms with E-state index in [1.807, 2.05) is 26.0 Å². The second-order valence-electron chi connectivity index (χ2n) is 4.49. The first kappa shape index (κ1) is 13.5. The summed E-state index contributed by atoms with van der Waals surface area (Å²) in [6.45, 7) is 4.13. The molecule has 2 aromatic rings. The lowest BCUT2D eigenvalue weighted by Gasteiger charge is -2.13. The molecule has 0 saturated heterocycles. The van der Waals surface area contributed by atoms with E-state index in [-0.39, 0.29) is 6.61 Å². The molecule has 0 aliphatic carbocycles. The van der Waals surface area contributed by atoms with Crippen molar-refractivity contribution in [3.8, 4) is 17.0 Å². The van der Waals surface area contributed by atoms with Gasteiger partial charge in [0.25, 0.3) is 0 Å². The molecule has 0 radical (unpaired) electrons. The SMILES string of the molecule is COc1cc(C)cc(C)c1-c1ccnc(CCO)n1. The van der Waals surface area contributed by atoms with Crippen molar-refractivity contribution in [3.05, 3.63) is 41.3 Å². The second-order valence-corrected chi connectivity index (χ2v) is 4.49. The van der Waals surface area contributed by atoms with E-state index in [9.17, 15) is 0 Å². The third kappa shape index (κ3) is 2.90. The second kappa shape index (κ2) is 5.80. The molecule has 2 rings (SSSR count). The van der Waals surface area contributed by atoms with Crippen LogP contribution in [-0.4, -0.2) is 28.8 Å². The zero-order valence-corrected chi connectivity index (χ0v) is 11.5. The van der Waals surface area contributed by atoms with Crippen LogP contribution in [0.1, 0.15) is 17.0 Å². The summed E-state index contributed by atoms with van der Waals surface area (Å²) in [5.41, 5.74) is 4.08. The Morgan fingerprint density at radius 2 is 2.05 bits per heavy atom. The predicted octanol–water partition coefficient (Wildman–Crippen LogP) is 2.30. The average Bonchev–Trinajstić information content (AvgIpc) is 2.38. The molecule has 1 aromatic carbocycles. The van der Waals surface area contributed by atoms with Gasteiger partial charge in [-0.05, 0) is 37.1 Å². The van der Waals surface area contributed by atoms with Crippen LogP contribution in [0.5, 0.6) is 5.75 Å². The molecule has 1 aromatic heterocycles. The molecule has 0 aliphatic heterocycles. The number of aromatic nitrogens is 2. The minimum absolute atomic E-state index is 0.0491. The number of methoxy groups -OCH3 is 1. The van der Waals surface area contributed by atoms with Gasteiger partial charge in [-0.1, -0.05) is 6.07 Å². The van der Waals surface area contributed by atoms with E-state index in [1.54, 1.807) is 13.3 Å². The Morgan fingerprint density at radius 1 is 1.26 bits per heavy atom. The Balaban J connectivity index is 2.54. The van der Waals surface area contributed by atoms with Crippen molar-refractivity contribution in [1.29, 1.82) is 0 Å². The topological polar surface area (TPSA) is 55.2 Å². The molecule has 0 aliphatic rings. The first-order chi connectivity index (χ1) is 9.15. The maximum absolute atomic E-state index is 8.97. The third-order valence-corrected chi connectivity index (χ3v) is 2.96. The smallest absolute Gasteiger partial charge is 0.131 e. The summed E-state index contributed by atoms with van der Waals surface area (Å²) in [5.74, 6) is 1.45. The molecule has 0 bridgehead atoms. The number of aliphatic hydroxyl groups excluding tert-OH is 1. The lowest BCUT2D eigenvalue weighted by Crippen LogP contribution is -2.01. The Labute approximate surface area is 113 Å². The lowest BCUT2D eigenvalue weighted by atomic mass is 10.0. The van der Waals surface area contributed by atoms with E-state index < -0.39 is 0 Å². The summed E-state index contributed by atoms with van der Waals surface area (Å²) in [5, 5.41) is 8.97. The average molecular weight is 258 g/mol. The highest BCUT2D eigenvalue weighted by Gasteiger charge is 2.12. The first-order valence-corrected chi connectivity index (χ1v) is 6.24. The zero-order chi connectivity index (χ0) is 13.8. The van der Waals surface area contributed by atoms with Crippen LogP contribution in [0, 0.1) is 13.8 Å². The normalized spacial score (nSPS) is 10.5. The van der Waals surface area contributed by atoms with Gasteiger partial charge < -0.3 is 9.84 Å². The van der Waals surface area contributed by atoms with Gasteiger partial charge >= 0.3 is 0 Å². The van der Waals surface area contributed by atoms with Crippen LogP contribution in [0.2, 0.25) is 0 Å². The van der Waals surface area contributed by atoms with E-state index >= 15 is 0 Å². The molecule has 0 unspecified atom stereocenters. The van der Waals surface area contributed by atoms with Crippen LogP contribution in [-0.2, 0) is 6.42 Å². The number of rotatable bonds is 4. The van der Waals surface area contributed by atoms with Crippen LogP contribution in [0.4, 0.5) is 0 Å². The number of nitrogens with zero attached hydrogens (tertiary/aromatic N) is 2. The number of ether oxygens (including phenoxy) is 1. The Kier molecular flexibility index (Phi) is 4.12. The quantitative estimate of drug-likeness (QED) is 0.914. The summed E-state index contributed by atoms with van der Waals surface area (Å²) in [4.78, 5) is 8.63. The number of aryl methyl sites for hydroxylation is 2. The van der Waals surface area contributed by atoms with Crippen LogP contribution in [0.25, 0.3) is 11.3 Å². The number of benzene rings is 1. The van der Waals surface area contributed by atoms with Crippen LogP contribution >= 0.6 is 0 Å². The molecule has 0 amide bonds. The van der Waals surface area contributed by atoms with E-state index in [4.69, 9.17) is 9.84 Å². The molecule has 0 atom stereocenters. The molecule has 4 nitrogen and oxygen atoms in total. The maximum Gasteiger partial charge on any atom is 0.131 e. The van der Waals surface area contributed by atoms with Crippen molar-refractivity contribution in [2.75, 3.05) is 13.7 Å². The Hall–Kier alpha value is -1.94. The summed E-state index contributed by atoms with van der Waals surface area (Å²) in [6, 6.07) is 5.96. The molecule has 1 N–H and O–H groups in total.